The zero-order chi connectivity index (χ0) is 10.3. The number of pyridine rings is 1. The zero-order valence-electron chi connectivity index (χ0n) is 7.39. The van der Waals surface area contributed by atoms with Crippen molar-refractivity contribution in [1.29, 1.82) is 5.41 Å². The van der Waals surface area contributed by atoms with Crippen molar-refractivity contribution >= 4 is 17.2 Å². The van der Waals surface area contributed by atoms with Gasteiger partial charge in [0.2, 0.25) is 0 Å². The molecule has 14 heavy (non-hydrogen) atoms. The Kier molecular flexibility index (Phi) is 1.73. The number of anilines is 1. The van der Waals surface area contributed by atoms with E-state index in [1.165, 1.54) is 6.07 Å². The molecule has 1 aliphatic rings. The highest BCUT2D eigenvalue weighted by Crippen LogP contribution is 2.19. The molecule has 0 aromatic carbocycles. The van der Waals surface area contributed by atoms with Crippen molar-refractivity contribution in [1.82, 2.24) is 4.98 Å². The third-order valence-corrected chi connectivity index (χ3v) is 2.28. The van der Waals surface area contributed by atoms with E-state index in [1.807, 2.05) is 0 Å². The van der Waals surface area contributed by atoms with E-state index in [2.05, 4.69) is 4.98 Å². The molecule has 0 spiro atoms. The van der Waals surface area contributed by atoms with Crippen LogP contribution in [0.15, 0.2) is 10.9 Å². The van der Waals surface area contributed by atoms with Crippen LogP contribution in [0, 0.1) is 5.41 Å². The number of carbonyl (C=O) groups is 1. The number of H-pyrrole nitrogens is 1. The smallest absolute Gasteiger partial charge is 0.271 e. The van der Waals surface area contributed by atoms with Crippen molar-refractivity contribution in [3.8, 4) is 0 Å². The number of nitrogen functional groups attached to an aromatic ring is 1. The van der Waals surface area contributed by atoms with Gasteiger partial charge in [0.25, 0.3) is 5.56 Å². The van der Waals surface area contributed by atoms with Crippen LogP contribution in [0.5, 0.6) is 0 Å². The summed E-state index contributed by atoms with van der Waals surface area (Å²) in [4.78, 5) is 24.9. The van der Waals surface area contributed by atoms with Crippen LogP contribution in [-0.4, -0.2) is 16.5 Å². The molecule has 2 rings (SSSR count). The minimum Gasteiger partial charge on any atom is -0.394 e. The van der Waals surface area contributed by atoms with Crippen LogP contribution in [0.1, 0.15) is 28.9 Å². The highest BCUT2D eigenvalue weighted by molar-refractivity contribution is 6.13. The average Bonchev–Trinajstić information content (AvgIpc) is 2.15. The molecule has 1 aromatic rings. The molecule has 1 heterocycles. The fraction of sp³-hybridized carbons (Fsp3) is 0.222. The van der Waals surface area contributed by atoms with Gasteiger partial charge < -0.3 is 16.1 Å². The fourth-order valence-electron chi connectivity index (χ4n) is 1.50. The Morgan fingerprint density at radius 3 is 2.79 bits per heavy atom. The van der Waals surface area contributed by atoms with Gasteiger partial charge in [-0.1, -0.05) is 0 Å². The number of nitrogens with two attached hydrogens (primary N) is 1. The quantitative estimate of drug-likeness (QED) is 0.549. The third kappa shape index (κ3) is 1.14. The van der Waals surface area contributed by atoms with Crippen LogP contribution in [0.25, 0.3) is 0 Å². The lowest BCUT2D eigenvalue weighted by Crippen LogP contribution is -2.24. The van der Waals surface area contributed by atoms with Crippen molar-refractivity contribution in [2.45, 2.75) is 12.8 Å². The number of nitrogens with one attached hydrogen (secondary N) is 2. The van der Waals surface area contributed by atoms with Crippen LogP contribution in [-0.2, 0) is 0 Å². The van der Waals surface area contributed by atoms with E-state index in [-0.39, 0.29) is 23.6 Å². The molecule has 0 saturated heterocycles. The lowest BCUT2D eigenvalue weighted by molar-refractivity contribution is 0.0976. The Hall–Kier alpha value is -1.91. The monoisotopic (exact) mass is 191 g/mol. The molecular formula is C9H9N3O2. The average molecular weight is 191 g/mol. The number of aromatic nitrogens is 1. The molecule has 0 unspecified atom stereocenters. The molecule has 0 saturated carbocycles. The second-order valence-electron chi connectivity index (χ2n) is 3.24. The van der Waals surface area contributed by atoms with Gasteiger partial charge in [-0.3, -0.25) is 9.59 Å². The van der Waals surface area contributed by atoms with Crippen LogP contribution in [0.4, 0.5) is 5.69 Å². The van der Waals surface area contributed by atoms with Crippen LogP contribution in [0.2, 0.25) is 0 Å². The molecule has 0 atom stereocenters. The van der Waals surface area contributed by atoms with Gasteiger partial charge >= 0.3 is 0 Å². The molecule has 4 N–H and O–H groups in total. The number of Topliss-reactive ketones (excluding diaryl/α,β-unsaturated/α-hetero) is 1. The number of rotatable bonds is 0. The molecular weight excluding hydrogens is 182 g/mol. The second kappa shape index (κ2) is 2.80. The van der Waals surface area contributed by atoms with Gasteiger partial charge in [-0.2, -0.15) is 0 Å². The van der Waals surface area contributed by atoms with Gasteiger partial charge in [-0.15, -0.1) is 0 Å². The summed E-state index contributed by atoms with van der Waals surface area (Å²) in [6.07, 6.45) is 0.697. The summed E-state index contributed by atoms with van der Waals surface area (Å²) in [6, 6.07) is 1.40. The molecule has 72 valence electrons. The second-order valence-corrected chi connectivity index (χ2v) is 3.24. The van der Waals surface area contributed by atoms with Gasteiger partial charge in [0.05, 0.1) is 11.4 Å². The van der Waals surface area contributed by atoms with Crippen molar-refractivity contribution in [3.63, 3.8) is 0 Å². The summed E-state index contributed by atoms with van der Waals surface area (Å²) in [7, 11) is 0. The van der Waals surface area contributed by atoms with Crippen LogP contribution < -0.4 is 11.3 Å². The lowest BCUT2D eigenvalue weighted by Gasteiger charge is -2.15. The van der Waals surface area contributed by atoms with Gasteiger partial charge in [-0.25, -0.2) is 0 Å². The van der Waals surface area contributed by atoms with Gasteiger partial charge in [0, 0.05) is 17.7 Å². The molecule has 1 aromatic heterocycles. The number of carbonyl (C=O) groups excluding carboxylic acids is 1. The minimum atomic E-state index is -0.466. The largest absolute Gasteiger partial charge is 0.394 e. The molecule has 0 amide bonds. The normalized spacial score (nSPS) is 15.4. The van der Waals surface area contributed by atoms with E-state index >= 15 is 0 Å². The molecule has 5 heteroatoms. The van der Waals surface area contributed by atoms with E-state index in [0.29, 0.717) is 17.7 Å². The first kappa shape index (κ1) is 8.68. The Morgan fingerprint density at radius 2 is 2.07 bits per heavy atom. The number of ketones is 1. The summed E-state index contributed by atoms with van der Waals surface area (Å²) < 4.78 is 0. The summed E-state index contributed by atoms with van der Waals surface area (Å²) in [6.45, 7) is 0. The van der Waals surface area contributed by atoms with Gasteiger partial charge in [-0.05, 0) is 12.5 Å². The summed E-state index contributed by atoms with van der Waals surface area (Å²) in [5, 5.41) is 7.60. The number of aromatic amines is 1. The van der Waals surface area contributed by atoms with Crippen molar-refractivity contribution in [2.24, 2.45) is 0 Å². The lowest BCUT2D eigenvalue weighted by atomic mass is 9.93. The van der Waals surface area contributed by atoms with Crippen molar-refractivity contribution in [2.75, 3.05) is 5.73 Å². The van der Waals surface area contributed by atoms with E-state index in [0.717, 1.165) is 0 Å². The molecule has 0 fully saturated rings. The first-order valence-corrected chi connectivity index (χ1v) is 4.23. The van der Waals surface area contributed by atoms with Gasteiger partial charge in [0.15, 0.2) is 5.78 Å². The number of hydrogen-bond donors (Lipinski definition) is 3. The van der Waals surface area contributed by atoms with E-state index in [9.17, 15) is 9.59 Å². The Balaban J connectivity index is 2.74. The number of fused-ring (bicyclic) bond motifs is 1. The molecule has 0 bridgehead atoms. The SMILES string of the molecule is N=C1CCC(=O)c2[nH]c(=O)c(N)cc21. The minimum absolute atomic E-state index is 0.0446. The Labute approximate surface area is 79.5 Å². The molecule has 0 aliphatic heterocycles. The third-order valence-electron chi connectivity index (χ3n) is 2.28. The first-order valence-electron chi connectivity index (χ1n) is 4.23. The maximum Gasteiger partial charge on any atom is 0.271 e. The molecule has 0 radical (unpaired) electrons. The van der Waals surface area contributed by atoms with Crippen molar-refractivity contribution < 1.29 is 4.79 Å². The highest BCUT2D eigenvalue weighted by Gasteiger charge is 2.22. The van der Waals surface area contributed by atoms with E-state index in [1.54, 1.807) is 0 Å². The summed E-state index contributed by atoms with van der Waals surface area (Å²) in [5.74, 6) is -0.131. The van der Waals surface area contributed by atoms with Crippen LogP contribution in [0.3, 0.4) is 0 Å². The number of hydrogen-bond acceptors (Lipinski definition) is 4. The summed E-state index contributed by atoms with van der Waals surface area (Å²) in [5.41, 5.74) is 6.01. The zero-order valence-corrected chi connectivity index (χ0v) is 7.39. The Morgan fingerprint density at radius 1 is 1.36 bits per heavy atom. The Bertz CT molecular complexity index is 487. The van der Waals surface area contributed by atoms with Crippen LogP contribution >= 0.6 is 0 Å². The highest BCUT2D eigenvalue weighted by atomic mass is 16.1. The molecule has 1 aliphatic carbocycles. The van der Waals surface area contributed by atoms with Crippen molar-refractivity contribution in [3.05, 3.63) is 27.7 Å². The predicted molar refractivity (Wildman–Crippen MR) is 51.9 cm³/mol. The standard InChI is InChI=1S/C9H9N3O2/c10-5-1-2-7(13)8-4(5)3-6(11)9(14)12-8/h3,10H,1-2,11H2,(H,12,14). The fourth-order valence-corrected chi connectivity index (χ4v) is 1.50. The maximum absolute atomic E-state index is 11.4. The van der Waals surface area contributed by atoms with E-state index in [4.69, 9.17) is 11.1 Å². The first-order chi connectivity index (χ1) is 6.59. The predicted octanol–water partition coefficient (Wildman–Crippen LogP) is 0.301. The van der Waals surface area contributed by atoms with Gasteiger partial charge in [0.1, 0.15) is 0 Å². The van der Waals surface area contributed by atoms with E-state index < -0.39 is 5.56 Å². The molecule has 5 nitrogen and oxygen atoms in total. The topological polar surface area (TPSA) is 99.8 Å². The summed E-state index contributed by atoms with van der Waals surface area (Å²) >= 11 is 0. The maximum atomic E-state index is 11.4.